The third-order valence-electron chi connectivity index (χ3n) is 18.1. The van der Waals surface area contributed by atoms with E-state index < -0.39 is 8.07 Å². The van der Waals surface area contributed by atoms with Crippen LogP contribution in [0.2, 0.25) is 0 Å². The molecular formula is C82H74N4OPtSi-2. The summed E-state index contributed by atoms with van der Waals surface area (Å²) in [4.78, 5) is 4.96. The van der Waals surface area contributed by atoms with Crippen LogP contribution in [-0.2, 0) is 42.7 Å². The Hall–Kier alpha value is -8.67. The molecule has 89 heavy (non-hydrogen) atoms. The molecule has 444 valence electrons. The smallest absolute Gasteiger partial charge is 0.268 e. The van der Waals surface area contributed by atoms with E-state index in [4.69, 9.17) is 9.72 Å². The van der Waals surface area contributed by atoms with Crippen LogP contribution in [-0.4, -0.2) is 22.2 Å². The quantitative estimate of drug-likeness (QED) is 0.0658. The van der Waals surface area contributed by atoms with Crippen LogP contribution in [0.3, 0.4) is 0 Å². The molecule has 0 saturated carbocycles. The Morgan fingerprint density at radius 3 is 1.61 bits per heavy atom. The zero-order valence-electron chi connectivity index (χ0n) is 53.0. The normalized spacial score (nSPS) is 12.6. The van der Waals surface area contributed by atoms with E-state index in [0.717, 1.165) is 66.7 Å². The fraction of sp³-hybridized carbons (Fsp3) is 0.195. The number of aromatic nitrogens is 4. The van der Waals surface area contributed by atoms with Gasteiger partial charge in [-0.05, 0) is 122 Å². The number of para-hydroxylation sites is 2. The topological polar surface area (TPSA) is 35.9 Å². The molecule has 0 amide bonds. The van der Waals surface area contributed by atoms with Crippen molar-refractivity contribution < 1.29 is 30.4 Å². The van der Waals surface area contributed by atoms with Gasteiger partial charge in [0.1, 0.15) is 5.82 Å². The van der Waals surface area contributed by atoms with Crippen molar-refractivity contribution in [3.05, 3.63) is 271 Å². The van der Waals surface area contributed by atoms with Crippen molar-refractivity contribution in [1.29, 1.82) is 0 Å². The van der Waals surface area contributed by atoms with Crippen LogP contribution in [0.4, 0.5) is 0 Å². The Bertz CT molecular complexity index is 4760. The number of pyridine rings is 1. The number of ether oxygens (including phenoxy) is 1. The average Bonchev–Trinajstić information content (AvgIpc) is 1.73. The molecule has 1 aliphatic heterocycles. The van der Waals surface area contributed by atoms with Crippen molar-refractivity contribution in [3.63, 3.8) is 0 Å². The van der Waals surface area contributed by atoms with E-state index in [1.807, 2.05) is 12.3 Å². The molecule has 7 heteroatoms. The number of benzene rings is 10. The van der Waals surface area contributed by atoms with Crippen LogP contribution < -0.4 is 30.1 Å². The number of fused-ring (bicyclic) bond motifs is 10. The second kappa shape index (κ2) is 22.1. The number of hydrogen-bond donors (Lipinski definition) is 0. The minimum atomic E-state index is -3.01. The first-order valence-electron chi connectivity index (χ1n) is 30.9. The third-order valence-corrected chi connectivity index (χ3v) is 22.9. The second-order valence-corrected chi connectivity index (χ2v) is 31.9. The van der Waals surface area contributed by atoms with Crippen LogP contribution in [0.1, 0.15) is 105 Å². The van der Waals surface area contributed by atoms with E-state index in [2.05, 4.69) is 334 Å². The van der Waals surface area contributed by atoms with Gasteiger partial charge >= 0.3 is 0 Å². The number of rotatable bonds is 8. The predicted octanol–water partition coefficient (Wildman–Crippen LogP) is 17.5. The van der Waals surface area contributed by atoms with E-state index in [0.29, 0.717) is 11.5 Å². The van der Waals surface area contributed by atoms with E-state index >= 15 is 0 Å². The minimum absolute atomic E-state index is 0. The molecule has 0 N–H and O–H groups in total. The summed E-state index contributed by atoms with van der Waals surface area (Å²) < 4.78 is 14.0. The van der Waals surface area contributed by atoms with Crippen LogP contribution in [0.5, 0.6) is 11.5 Å². The maximum Gasteiger partial charge on any atom is 0.268 e. The zero-order valence-corrected chi connectivity index (χ0v) is 56.2. The summed E-state index contributed by atoms with van der Waals surface area (Å²) in [6.07, 6.45) is 6.06. The number of nitrogens with zero attached hydrogens (tertiary/aromatic N) is 4. The maximum atomic E-state index is 7.10. The van der Waals surface area contributed by atoms with Crippen molar-refractivity contribution in [2.24, 2.45) is 0 Å². The van der Waals surface area contributed by atoms with Gasteiger partial charge in [0.15, 0.2) is 8.07 Å². The first kappa shape index (κ1) is 59.3. The first-order valence-corrected chi connectivity index (χ1v) is 32.9. The molecular weight excluding hydrogens is 1280 g/mol. The largest absolute Gasteiger partial charge is 0.510 e. The van der Waals surface area contributed by atoms with Crippen molar-refractivity contribution in [1.82, 2.24) is 14.1 Å². The Labute approximate surface area is 540 Å². The third kappa shape index (κ3) is 10.2. The van der Waals surface area contributed by atoms with Gasteiger partial charge in [-0.1, -0.05) is 271 Å². The number of imidazole rings is 1. The molecule has 0 radical (unpaired) electrons. The van der Waals surface area contributed by atoms with Gasteiger partial charge in [-0.3, -0.25) is 4.57 Å². The fourth-order valence-electron chi connectivity index (χ4n) is 13.5. The van der Waals surface area contributed by atoms with Gasteiger partial charge in [0.05, 0.1) is 16.7 Å². The molecule has 0 unspecified atom stereocenters. The molecule has 0 fully saturated rings. The SMILES string of the molecule is CC(C)(C)c1cc(Oc2[c-]c3c(cc2)c2ccccc2n3-c2cc(C(C)(C)C)ccn2)[c-]c(-n2[c-][n+]3c4c(cccc42)-c2ccccc2-c2ccc([Si](c4ccccc4)(c4ccccc4)c4ccccc4)cc2-c2cc(C(C)(C)C)cc(C(C)(C)C)c2-3)c1.[Pt]. The van der Waals surface area contributed by atoms with Crippen LogP contribution in [0.15, 0.2) is 231 Å². The molecule has 0 bridgehead atoms. The Morgan fingerprint density at radius 1 is 0.416 bits per heavy atom. The molecule has 0 atom stereocenters. The van der Waals surface area contributed by atoms with Gasteiger partial charge in [0, 0.05) is 44.3 Å². The molecule has 4 heterocycles. The van der Waals surface area contributed by atoms with Gasteiger partial charge in [0.2, 0.25) is 0 Å². The average molecular weight is 1350 g/mol. The molecule has 3 aromatic heterocycles. The maximum absolute atomic E-state index is 7.10. The second-order valence-electron chi connectivity index (χ2n) is 28.1. The van der Waals surface area contributed by atoms with Crippen LogP contribution in [0, 0.1) is 18.5 Å². The molecule has 0 aliphatic carbocycles. The molecule has 14 rings (SSSR count). The minimum Gasteiger partial charge on any atom is -0.510 e. The summed E-state index contributed by atoms with van der Waals surface area (Å²) in [5, 5.41) is 7.53. The van der Waals surface area contributed by atoms with E-state index in [1.54, 1.807) is 0 Å². The molecule has 1 aliphatic rings. The van der Waals surface area contributed by atoms with Gasteiger partial charge < -0.3 is 13.9 Å². The van der Waals surface area contributed by atoms with Crippen molar-refractivity contribution in [2.45, 2.75) is 105 Å². The molecule has 13 aromatic rings. The van der Waals surface area contributed by atoms with E-state index in [1.165, 1.54) is 59.7 Å². The number of hydrogen-bond acceptors (Lipinski definition) is 2. The summed E-state index contributed by atoms with van der Waals surface area (Å²) in [7, 11) is -3.01. The monoisotopic (exact) mass is 1350 g/mol. The van der Waals surface area contributed by atoms with Gasteiger partial charge in [-0.2, -0.15) is 17.7 Å². The molecule has 10 aromatic carbocycles. The van der Waals surface area contributed by atoms with Gasteiger partial charge in [0.25, 0.3) is 6.33 Å². The molecule has 0 saturated heterocycles. The Morgan fingerprint density at radius 2 is 0.978 bits per heavy atom. The molecule has 5 nitrogen and oxygen atoms in total. The standard InChI is InChI=1S/C82H74N4OSi.Pt/c1-79(2,3)54-43-44-83-76(49-54)86-73-37-25-24-35-67(73)68-41-39-58(51-75(68)86)87-59-46-55(80(4,5)6)45-57(50-59)84-53-85-77-71(47-56(81(7,8)9)48-72(77)82(10,11)12)70-52-63(40-42-66(70)64-33-22-23-34-65(64)69-36-26-38-74(84)78(69)85)88(60-27-16-13-17-28-60,61-29-18-14-19-30-61)62-31-20-15-21-32-62;/h13-49,52H,1-12H3;/q-2;. The first-order chi connectivity index (χ1) is 42.2. The van der Waals surface area contributed by atoms with E-state index in [9.17, 15) is 0 Å². The summed E-state index contributed by atoms with van der Waals surface area (Å²) >= 11 is 0. The fourth-order valence-corrected chi connectivity index (χ4v) is 18.3. The Balaban J connectivity index is 0.00000729. The van der Waals surface area contributed by atoms with Crippen molar-refractivity contribution >= 4 is 61.7 Å². The van der Waals surface area contributed by atoms with Gasteiger partial charge in [-0.25, -0.2) is 4.98 Å². The Kier molecular flexibility index (Phi) is 14.7. The summed E-state index contributed by atoms with van der Waals surface area (Å²) in [5.41, 5.74) is 17.0. The van der Waals surface area contributed by atoms with E-state index in [-0.39, 0.29) is 42.7 Å². The summed E-state index contributed by atoms with van der Waals surface area (Å²) in [6.45, 7) is 27.7. The summed E-state index contributed by atoms with van der Waals surface area (Å²) in [5.74, 6) is 2.02. The van der Waals surface area contributed by atoms with Crippen molar-refractivity contribution in [3.8, 4) is 62.1 Å². The van der Waals surface area contributed by atoms with Crippen molar-refractivity contribution in [2.75, 3.05) is 0 Å². The van der Waals surface area contributed by atoms with Gasteiger partial charge in [-0.15, -0.1) is 29.7 Å². The molecule has 0 spiro atoms. The zero-order chi connectivity index (χ0) is 61.1. The van der Waals surface area contributed by atoms with Crippen LogP contribution in [0.25, 0.3) is 83.4 Å². The predicted molar refractivity (Wildman–Crippen MR) is 368 cm³/mol. The van der Waals surface area contributed by atoms with Crippen LogP contribution >= 0.6 is 0 Å². The summed E-state index contributed by atoms with van der Waals surface area (Å²) in [6, 6.07) is 91.2.